The first-order valence-electron chi connectivity index (χ1n) is 8.06. The van der Waals surface area contributed by atoms with Crippen molar-refractivity contribution in [2.24, 2.45) is 13.0 Å². The molecule has 2 heterocycles. The summed E-state index contributed by atoms with van der Waals surface area (Å²) in [7, 11) is 1.85. The maximum atomic E-state index is 13.7. The number of benzene rings is 1. The van der Waals surface area contributed by atoms with Crippen molar-refractivity contribution >= 4 is 11.6 Å². The van der Waals surface area contributed by atoms with Gasteiger partial charge in [-0.1, -0.05) is 0 Å². The predicted molar refractivity (Wildman–Crippen MR) is 88.7 cm³/mol. The molecule has 2 aromatic rings. The standard InChI is InChI=1S/C17H19FN4O3/c1-11-5-14(18)7-15(16(11)22(24)25)17(23)21-4-3-12(10-21)6-13-8-19-20(2)9-13/h5,7-9,12H,3-4,6,10H2,1-2H3. The fraction of sp³-hybridized carbons (Fsp3) is 0.412. The van der Waals surface area contributed by atoms with Crippen molar-refractivity contribution in [2.45, 2.75) is 19.8 Å². The van der Waals surface area contributed by atoms with E-state index in [1.807, 2.05) is 13.2 Å². The van der Waals surface area contributed by atoms with Crippen LogP contribution in [0, 0.1) is 28.8 Å². The molecule has 1 aromatic heterocycles. The van der Waals surface area contributed by atoms with Gasteiger partial charge in [0.1, 0.15) is 11.4 Å². The van der Waals surface area contributed by atoms with Crippen molar-refractivity contribution in [3.63, 3.8) is 0 Å². The first-order chi connectivity index (χ1) is 11.8. The fourth-order valence-electron chi connectivity index (χ4n) is 3.41. The van der Waals surface area contributed by atoms with Crippen molar-refractivity contribution in [3.8, 4) is 0 Å². The number of nitro groups is 1. The Labute approximate surface area is 144 Å². The summed E-state index contributed by atoms with van der Waals surface area (Å²) in [6, 6.07) is 2.03. The lowest BCUT2D eigenvalue weighted by Gasteiger charge is -2.17. The Balaban J connectivity index is 1.77. The number of halogens is 1. The average Bonchev–Trinajstić information content (AvgIpc) is 3.15. The van der Waals surface area contributed by atoms with Crippen LogP contribution in [0.5, 0.6) is 0 Å². The van der Waals surface area contributed by atoms with E-state index >= 15 is 0 Å². The molecule has 0 bridgehead atoms. The molecule has 132 valence electrons. The van der Waals surface area contributed by atoms with Crippen molar-refractivity contribution in [3.05, 3.63) is 57.1 Å². The highest BCUT2D eigenvalue weighted by Crippen LogP contribution is 2.29. The first-order valence-corrected chi connectivity index (χ1v) is 8.06. The molecule has 1 fully saturated rings. The smallest absolute Gasteiger partial charge is 0.285 e. The molecular formula is C17H19FN4O3. The Morgan fingerprint density at radius 1 is 1.48 bits per heavy atom. The largest absolute Gasteiger partial charge is 0.338 e. The first kappa shape index (κ1) is 17.1. The van der Waals surface area contributed by atoms with Crippen LogP contribution in [0.3, 0.4) is 0 Å². The quantitative estimate of drug-likeness (QED) is 0.629. The molecule has 1 amide bonds. The predicted octanol–water partition coefficient (Wildman–Crippen LogP) is 2.48. The molecule has 8 heteroatoms. The Bertz CT molecular complexity index is 833. The summed E-state index contributed by atoms with van der Waals surface area (Å²) in [6.07, 6.45) is 5.33. The summed E-state index contributed by atoms with van der Waals surface area (Å²) < 4.78 is 15.4. The third kappa shape index (κ3) is 3.52. The highest BCUT2D eigenvalue weighted by molar-refractivity contribution is 5.98. The molecule has 1 unspecified atom stereocenters. The summed E-state index contributed by atoms with van der Waals surface area (Å²) in [5.41, 5.74) is 0.750. The van der Waals surface area contributed by atoms with Gasteiger partial charge < -0.3 is 4.90 Å². The number of likely N-dealkylation sites (tertiary alicyclic amines) is 1. The van der Waals surface area contributed by atoms with Gasteiger partial charge in [-0.15, -0.1) is 0 Å². The molecule has 0 radical (unpaired) electrons. The molecule has 1 atom stereocenters. The minimum absolute atomic E-state index is 0.152. The highest BCUT2D eigenvalue weighted by atomic mass is 19.1. The van der Waals surface area contributed by atoms with Crippen LogP contribution in [0.15, 0.2) is 24.5 Å². The second-order valence-corrected chi connectivity index (χ2v) is 6.51. The Kier molecular flexibility index (Phi) is 4.52. The van der Waals surface area contributed by atoms with Gasteiger partial charge in [0.05, 0.1) is 11.1 Å². The lowest BCUT2D eigenvalue weighted by Crippen LogP contribution is -2.29. The zero-order valence-electron chi connectivity index (χ0n) is 14.1. The molecular weight excluding hydrogens is 327 g/mol. The molecule has 0 N–H and O–H groups in total. The lowest BCUT2D eigenvalue weighted by molar-refractivity contribution is -0.385. The van der Waals surface area contributed by atoms with Gasteiger partial charge in [-0.25, -0.2) is 4.39 Å². The second kappa shape index (κ2) is 6.62. The molecule has 0 saturated carbocycles. The van der Waals surface area contributed by atoms with Crippen LogP contribution in [-0.4, -0.2) is 38.6 Å². The molecule has 1 aliphatic heterocycles. The van der Waals surface area contributed by atoms with Gasteiger partial charge in [0, 0.05) is 31.9 Å². The van der Waals surface area contributed by atoms with Crippen LogP contribution < -0.4 is 0 Å². The Morgan fingerprint density at radius 2 is 2.24 bits per heavy atom. The number of hydrogen-bond donors (Lipinski definition) is 0. The number of aryl methyl sites for hydroxylation is 2. The number of hydrogen-bond acceptors (Lipinski definition) is 4. The second-order valence-electron chi connectivity index (χ2n) is 6.51. The molecule has 0 aliphatic carbocycles. The zero-order valence-corrected chi connectivity index (χ0v) is 14.1. The zero-order chi connectivity index (χ0) is 18.1. The van der Waals surface area contributed by atoms with Gasteiger partial charge in [-0.3, -0.25) is 19.6 Å². The van der Waals surface area contributed by atoms with Crippen molar-refractivity contribution in [1.29, 1.82) is 0 Å². The van der Waals surface area contributed by atoms with Crippen LogP contribution >= 0.6 is 0 Å². The molecule has 3 rings (SSSR count). The van der Waals surface area contributed by atoms with E-state index in [0.29, 0.717) is 13.1 Å². The van der Waals surface area contributed by atoms with E-state index in [1.165, 1.54) is 6.92 Å². The van der Waals surface area contributed by atoms with Gasteiger partial charge in [-0.2, -0.15) is 5.10 Å². The Hall–Kier alpha value is -2.77. The summed E-state index contributed by atoms with van der Waals surface area (Å²) >= 11 is 0. The van der Waals surface area contributed by atoms with E-state index in [-0.39, 0.29) is 22.7 Å². The van der Waals surface area contributed by atoms with E-state index < -0.39 is 16.6 Å². The average molecular weight is 346 g/mol. The minimum atomic E-state index is -0.641. The number of nitrogens with zero attached hydrogens (tertiary/aromatic N) is 4. The van der Waals surface area contributed by atoms with E-state index in [0.717, 1.165) is 30.5 Å². The SMILES string of the molecule is Cc1cc(F)cc(C(=O)N2CCC(Cc3cnn(C)c3)C2)c1[N+](=O)[O-]. The van der Waals surface area contributed by atoms with Crippen molar-refractivity contribution in [1.82, 2.24) is 14.7 Å². The lowest BCUT2D eigenvalue weighted by atomic mass is 10.0. The molecule has 0 spiro atoms. The summed E-state index contributed by atoms with van der Waals surface area (Å²) in [4.78, 5) is 25.0. The minimum Gasteiger partial charge on any atom is -0.338 e. The molecule has 1 aromatic carbocycles. The normalized spacial score (nSPS) is 17.1. The van der Waals surface area contributed by atoms with Crippen molar-refractivity contribution in [2.75, 3.05) is 13.1 Å². The van der Waals surface area contributed by atoms with Gasteiger partial charge in [-0.05, 0) is 43.4 Å². The number of amides is 1. The molecule has 25 heavy (non-hydrogen) atoms. The molecule has 1 saturated heterocycles. The number of carbonyl (C=O) groups excluding carboxylic acids is 1. The van der Waals surface area contributed by atoms with E-state index in [2.05, 4.69) is 5.10 Å². The third-order valence-corrected chi connectivity index (χ3v) is 4.53. The topological polar surface area (TPSA) is 81.3 Å². The van der Waals surface area contributed by atoms with Crippen molar-refractivity contribution < 1.29 is 14.1 Å². The summed E-state index contributed by atoms with van der Waals surface area (Å²) in [5, 5.41) is 15.4. The van der Waals surface area contributed by atoms with Crippen LogP contribution in [0.25, 0.3) is 0 Å². The fourth-order valence-corrected chi connectivity index (χ4v) is 3.41. The van der Waals surface area contributed by atoms with E-state index in [4.69, 9.17) is 0 Å². The van der Waals surface area contributed by atoms with Gasteiger partial charge >= 0.3 is 0 Å². The number of nitro benzene ring substituents is 1. The van der Waals surface area contributed by atoms with Crippen LogP contribution in [0.4, 0.5) is 10.1 Å². The van der Waals surface area contributed by atoms with E-state index in [1.54, 1.807) is 15.8 Å². The monoisotopic (exact) mass is 346 g/mol. The maximum Gasteiger partial charge on any atom is 0.285 e. The van der Waals surface area contributed by atoms with Crippen LogP contribution in [0.1, 0.15) is 27.9 Å². The summed E-state index contributed by atoms with van der Waals surface area (Å²) in [6.45, 7) is 2.45. The highest BCUT2D eigenvalue weighted by Gasteiger charge is 2.32. The number of aromatic nitrogens is 2. The summed E-state index contributed by atoms with van der Waals surface area (Å²) in [5.74, 6) is -0.859. The molecule has 7 nitrogen and oxygen atoms in total. The number of rotatable bonds is 4. The van der Waals surface area contributed by atoms with E-state index in [9.17, 15) is 19.3 Å². The van der Waals surface area contributed by atoms with Crippen LogP contribution in [-0.2, 0) is 13.5 Å². The van der Waals surface area contributed by atoms with Crippen LogP contribution in [0.2, 0.25) is 0 Å². The molecule has 1 aliphatic rings. The number of carbonyl (C=O) groups is 1. The Morgan fingerprint density at radius 3 is 2.88 bits per heavy atom. The van der Waals surface area contributed by atoms with Gasteiger partial charge in [0.25, 0.3) is 11.6 Å². The van der Waals surface area contributed by atoms with Gasteiger partial charge in [0.15, 0.2) is 0 Å². The van der Waals surface area contributed by atoms with Gasteiger partial charge in [0.2, 0.25) is 0 Å². The maximum absolute atomic E-state index is 13.7. The third-order valence-electron chi connectivity index (χ3n) is 4.53.